The van der Waals surface area contributed by atoms with Gasteiger partial charge in [-0.2, -0.15) is 5.84 Å². The highest BCUT2D eigenvalue weighted by atomic mass is 32.1. The van der Waals surface area contributed by atoms with Crippen LogP contribution in [0, 0.1) is 0 Å². The van der Waals surface area contributed by atoms with Gasteiger partial charge >= 0.3 is 0 Å². The molecule has 0 spiro atoms. The Labute approximate surface area is 112 Å². The van der Waals surface area contributed by atoms with Crippen molar-refractivity contribution in [2.75, 3.05) is 32.1 Å². The van der Waals surface area contributed by atoms with Crippen LogP contribution in [-0.4, -0.2) is 36.8 Å². The van der Waals surface area contributed by atoms with E-state index >= 15 is 0 Å². The lowest BCUT2D eigenvalue weighted by Crippen LogP contribution is -2.50. The second-order valence-electron chi connectivity index (χ2n) is 4.79. The van der Waals surface area contributed by atoms with Crippen LogP contribution < -0.4 is 10.7 Å². The molecule has 0 amide bonds. The van der Waals surface area contributed by atoms with Gasteiger partial charge in [-0.1, -0.05) is 6.07 Å². The Morgan fingerprint density at radius 1 is 1.28 bits per heavy atom. The minimum Gasteiger partial charge on any atom is -0.312 e. The minimum absolute atomic E-state index is 0.453. The number of thiophene rings is 1. The predicted octanol–water partition coefficient (Wildman–Crippen LogP) is 2.23. The van der Waals surface area contributed by atoms with Crippen LogP contribution >= 0.6 is 11.3 Å². The molecule has 2 rings (SSSR count). The zero-order valence-electron chi connectivity index (χ0n) is 10.8. The van der Waals surface area contributed by atoms with E-state index in [0.29, 0.717) is 4.59 Å². The van der Waals surface area contributed by atoms with E-state index < -0.39 is 0 Å². The highest BCUT2D eigenvalue weighted by Gasteiger charge is 2.16. The molecule has 0 aliphatic carbocycles. The van der Waals surface area contributed by atoms with Crippen LogP contribution in [0.4, 0.5) is 10.8 Å². The number of quaternary nitrogens is 1. The van der Waals surface area contributed by atoms with Crippen molar-refractivity contribution in [3.8, 4) is 0 Å². The number of rotatable bonds is 5. The first-order valence-corrected chi connectivity index (χ1v) is 6.78. The fourth-order valence-electron chi connectivity index (χ4n) is 1.63. The molecule has 0 aliphatic heterocycles. The number of nitrogens with two attached hydrogens (primary N) is 1. The molecule has 2 N–H and O–H groups in total. The summed E-state index contributed by atoms with van der Waals surface area (Å²) in [5.41, 5.74) is 0. The Hall–Kier alpha value is -1.43. The maximum Gasteiger partial charge on any atom is 0.133 e. The SMILES string of the molecule is C[N+](C)(N)CCN(c1ccccn1)c1cccs1. The Kier molecular flexibility index (Phi) is 3.96. The first kappa shape index (κ1) is 13.0. The normalized spacial score (nSPS) is 11.5. The summed E-state index contributed by atoms with van der Waals surface area (Å²) in [4.78, 5) is 6.63. The van der Waals surface area contributed by atoms with E-state index in [4.69, 9.17) is 5.84 Å². The lowest BCUT2D eigenvalue weighted by molar-refractivity contribution is -0.900. The highest BCUT2D eigenvalue weighted by Crippen LogP contribution is 2.27. The Morgan fingerprint density at radius 3 is 2.67 bits per heavy atom. The van der Waals surface area contributed by atoms with Gasteiger partial charge in [0.25, 0.3) is 0 Å². The average molecular weight is 263 g/mol. The number of hydrogen-bond donors (Lipinski definition) is 1. The smallest absolute Gasteiger partial charge is 0.133 e. The molecule has 0 bridgehead atoms. The van der Waals surface area contributed by atoms with Crippen LogP contribution in [0.5, 0.6) is 0 Å². The van der Waals surface area contributed by atoms with E-state index in [0.717, 1.165) is 18.9 Å². The van der Waals surface area contributed by atoms with Gasteiger partial charge in [-0.25, -0.2) is 4.98 Å². The summed E-state index contributed by atoms with van der Waals surface area (Å²) in [5.74, 6) is 6.98. The Morgan fingerprint density at radius 2 is 2.11 bits per heavy atom. The van der Waals surface area contributed by atoms with Crippen molar-refractivity contribution in [1.82, 2.24) is 4.98 Å². The van der Waals surface area contributed by atoms with Crippen molar-refractivity contribution in [3.05, 3.63) is 41.9 Å². The van der Waals surface area contributed by atoms with Crippen molar-refractivity contribution in [2.24, 2.45) is 5.84 Å². The summed E-state index contributed by atoms with van der Waals surface area (Å²) in [5, 5.41) is 3.27. The van der Waals surface area contributed by atoms with Gasteiger partial charge < -0.3 is 4.90 Å². The topological polar surface area (TPSA) is 42.1 Å². The maximum atomic E-state index is 6.01. The monoisotopic (exact) mass is 263 g/mol. The Bertz CT molecular complexity index is 461. The van der Waals surface area contributed by atoms with Crippen LogP contribution in [0.1, 0.15) is 0 Å². The molecule has 0 saturated heterocycles. The van der Waals surface area contributed by atoms with E-state index in [2.05, 4.69) is 27.4 Å². The van der Waals surface area contributed by atoms with Crippen LogP contribution in [-0.2, 0) is 0 Å². The second-order valence-corrected chi connectivity index (χ2v) is 5.72. The van der Waals surface area contributed by atoms with Gasteiger partial charge in [-0.05, 0) is 29.6 Å². The van der Waals surface area contributed by atoms with Gasteiger partial charge in [0.1, 0.15) is 12.4 Å². The zero-order valence-corrected chi connectivity index (χ0v) is 11.6. The second kappa shape index (κ2) is 5.48. The van der Waals surface area contributed by atoms with Crippen molar-refractivity contribution in [3.63, 3.8) is 0 Å². The summed E-state index contributed by atoms with van der Waals surface area (Å²) in [7, 11) is 3.98. The molecule has 2 aromatic rings. The lowest BCUT2D eigenvalue weighted by atomic mass is 10.4. The third kappa shape index (κ3) is 3.53. The first-order valence-electron chi connectivity index (χ1n) is 5.90. The third-order valence-electron chi connectivity index (χ3n) is 2.60. The van der Waals surface area contributed by atoms with E-state index in [-0.39, 0.29) is 0 Å². The fraction of sp³-hybridized carbons (Fsp3) is 0.308. The first-order chi connectivity index (χ1) is 8.56. The maximum absolute atomic E-state index is 6.01. The van der Waals surface area contributed by atoms with Crippen LogP contribution in [0.25, 0.3) is 0 Å². The number of likely N-dealkylation sites (N-methyl/N-ethyl adjacent to an activating group) is 1. The van der Waals surface area contributed by atoms with E-state index in [1.807, 2.05) is 38.5 Å². The molecule has 0 aliphatic rings. The lowest BCUT2D eigenvalue weighted by Gasteiger charge is -2.27. The summed E-state index contributed by atoms with van der Waals surface area (Å²) in [6.07, 6.45) is 1.82. The molecule has 4 nitrogen and oxygen atoms in total. The largest absolute Gasteiger partial charge is 0.312 e. The van der Waals surface area contributed by atoms with Crippen LogP contribution in [0.3, 0.4) is 0 Å². The van der Waals surface area contributed by atoms with Gasteiger partial charge in [0.15, 0.2) is 0 Å². The van der Waals surface area contributed by atoms with Gasteiger partial charge in [0.05, 0.1) is 25.6 Å². The van der Waals surface area contributed by atoms with Crippen molar-refractivity contribution < 1.29 is 4.59 Å². The molecule has 0 atom stereocenters. The Balaban J connectivity index is 2.19. The average Bonchev–Trinajstić information content (AvgIpc) is 2.83. The summed E-state index contributed by atoms with van der Waals surface area (Å²) >= 11 is 1.71. The van der Waals surface area contributed by atoms with Crippen molar-refractivity contribution in [1.29, 1.82) is 0 Å². The highest BCUT2D eigenvalue weighted by molar-refractivity contribution is 7.14. The molecule has 0 aromatic carbocycles. The molecule has 18 heavy (non-hydrogen) atoms. The number of anilines is 2. The molecular weight excluding hydrogens is 244 g/mol. The number of hydrogen-bond acceptors (Lipinski definition) is 4. The van der Waals surface area contributed by atoms with Crippen LogP contribution in [0.2, 0.25) is 0 Å². The standard InChI is InChI=1S/C13H19N4S/c1-17(2,14)10-9-16(13-7-5-11-18-13)12-6-3-4-8-15-12/h3-8,11H,9-10,14H2,1-2H3/q+1. The predicted molar refractivity (Wildman–Crippen MR) is 76.7 cm³/mol. The number of aromatic nitrogens is 1. The van der Waals surface area contributed by atoms with E-state index in [1.54, 1.807) is 11.3 Å². The van der Waals surface area contributed by atoms with Gasteiger partial charge in [-0.15, -0.1) is 11.3 Å². The summed E-state index contributed by atoms with van der Waals surface area (Å²) in [6, 6.07) is 10.1. The molecular formula is C13H19N4S+. The minimum atomic E-state index is 0.453. The van der Waals surface area contributed by atoms with E-state index in [1.165, 1.54) is 5.00 Å². The number of pyridine rings is 1. The van der Waals surface area contributed by atoms with Gasteiger partial charge in [0.2, 0.25) is 0 Å². The summed E-state index contributed by atoms with van der Waals surface area (Å²) < 4.78 is 0.453. The fourth-order valence-corrected chi connectivity index (χ4v) is 2.40. The molecule has 2 aromatic heterocycles. The van der Waals surface area contributed by atoms with Crippen molar-refractivity contribution in [2.45, 2.75) is 0 Å². The molecule has 0 radical (unpaired) electrons. The third-order valence-corrected chi connectivity index (χ3v) is 3.49. The van der Waals surface area contributed by atoms with Crippen molar-refractivity contribution >= 4 is 22.2 Å². The molecule has 5 heteroatoms. The quantitative estimate of drug-likeness (QED) is 0.511. The van der Waals surface area contributed by atoms with Gasteiger partial charge in [-0.3, -0.25) is 4.59 Å². The van der Waals surface area contributed by atoms with Gasteiger partial charge in [0, 0.05) is 6.20 Å². The van der Waals surface area contributed by atoms with Crippen LogP contribution in [0.15, 0.2) is 41.9 Å². The molecule has 96 valence electrons. The molecule has 0 unspecified atom stereocenters. The molecule has 0 fully saturated rings. The van der Waals surface area contributed by atoms with E-state index in [9.17, 15) is 0 Å². The molecule has 2 heterocycles. The summed E-state index contributed by atoms with van der Waals surface area (Å²) in [6.45, 7) is 1.70. The number of nitrogens with zero attached hydrogens (tertiary/aromatic N) is 3. The zero-order chi connectivity index (χ0) is 13.0. The molecule has 0 saturated carbocycles.